The molecule has 84 valence electrons. The first-order chi connectivity index (χ1) is 6.52. The maximum Gasteiger partial charge on any atom is 0.0462 e. The Bertz CT molecular complexity index is 174. The van der Waals surface area contributed by atoms with Crippen LogP contribution in [-0.2, 0) is 4.74 Å². The second-order valence-corrected chi connectivity index (χ2v) is 5.75. The Morgan fingerprint density at radius 1 is 1.07 bits per heavy atom. The molecule has 1 heteroatoms. The van der Waals surface area contributed by atoms with Crippen molar-refractivity contribution in [2.75, 3.05) is 13.7 Å². The molecule has 1 fully saturated rings. The van der Waals surface area contributed by atoms with Crippen LogP contribution in [0.5, 0.6) is 0 Å². The van der Waals surface area contributed by atoms with Gasteiger partial charge in [-0.2, -0.15) is 0 Å². The lowest BCUT2D eigenvalue weighted by Crippen LogP contribution is -2.29. The number of rotatable bonds is 5. The molecule has 0 spiro atoms. The third-order valence-electron chi connectivity index (χ3n) is 4.49. The summed E-state index contributed by atoms with van der Waals surface area (Å²) >= 11 is 0. The van der Waals surface area contributed by atoms with Gasteiger partial charge < -0.3 is 4.74 Å². The average Bonchev–Trinajstić information content (AvgIpc) is 2.36. The van der Waals surface area contributed by atoms with Crippen molar-refractivity contribution in [1.29, 1.82) is 0 Å². The normalized spacial score (nSPS) is 30.9. The first kappa shape index (κ1) is 12.0. The molecule has 0 aliphatic heterocycles. The van der Waals surface area contributed by atoms with E-state index in [4.69, 9.17) is 4.74 Å². The summed E-state index contributed by atoms with van der Waals surface area (Å²) in [5, 5.41) is 0. The molecule has 1 saturated carbocycles. The Labute approximate surface area is 89.2 Å². The molecule has 0 amide bonds. The zero-order chi connectivity index (χ0) is 10.7. The van der Waals surface area contributed by atoms with Gasteiger partial charge in [-0.25, -0.2) is 0 Å². The standard InChI is InChI=1S/C13H26O/c1-12(2)8-7-10-13(12,3)9-5-6-11-14-4/h5-11H2,1-4H3/t13-/m1/s1. The lowest BCUT2D eigenvalue weighted by Gasteiger charge is -2.38. The van der Waals surface area contributed by atoms with Crippen molar-refractivity contribution in [2.45, 2.75) is 59.3 Å². The van der Waals surface area contributed by atoms with E-state index in [0.717, 1.165) is 6.61 Å². The van der Waals surface area contributed by atoms with E-state index >= 15 is 0 Å². The van der Waals surface area contributed by atoms with Gasteiger partial charge in [-0.15, -0.1) is 0 Å². The Morgan fingerprint density at radius 2 is 1.79 bits per heavy atom. The van der Waals surface area contributed by atoms with Crippen LogP contribution in [0.25, 0.3) is 0 Å². The minimum absolute atomic E-state index is 0.556. The molecule has 0 aromatic rings. The van der Waals surface area contributed by atoms with E-state index in [1.807, 2.05) is 0 Å². The topological polar surface area (TPSA) is 9.23 Å². The molecule has 1 rings (SSSR count). The maximum absolute atomic E-state index is 5.09. The zero-order valence-corrected chi connectivity index (χ0v) is 10.4. The maximum atomic E-state index is 5.09. The van der Waals surface area contributed by atoms with Crippen LogP contribution in [0, 0.1) is 10.8 Å². The highest BCUT2D eigenvalue weighted by molar-refractivity contribution is 4.94. The van der Waals surface area contributed by atoms with Gasteiger partial charge in [0, 0.05) is 13.7 Å². The van der Waals surface area contributed by atoms with Crippen LogP contribution < -0.4 is 0 Å². The largest absolute Gasteiger partial charge is 0.385 e. The van der Waals surface area contributed by atoms with Crippen LogP contribution in [0.2, 0.25) is 0 Å². The molecule has 0 aromatic heterocycles. The van der Waals surface area contributed by atoms with Gasteiger partial charge in [-0.1, -0.05) is 33.6 Å². The Balaban J connectivity index is 2.34. The average molecular weight is 198 g/mol. The molecule has 1 aliphatic rings. The van der Waals surface area contributed by atoms with Crippen LogP contribution in [0.1, 0.15) is 59.3 Å². The zero-order valence-electron chi connectivity index (χ0n) is 10.4. The van der Waals surface area contributed by atoms with E-state index in [1.165, 1.54) is 38.5 Å². The molecule has 0 saturated heterocycles. The first-order valence-corrected chi connectivity index (χ1v) is 6.01. The van der Waals surface area contributed by atoms with Crippen molar-refractivity contribution in [3.63, 3.8) is 0 Å². The summed E-state index contributed by atoms with van der Waals surface area (Å²) in [6, 6.07) is 0. The molecular weight excluding hydrogens is 172 g/mol. The van der Waals surface area contributed by atoms with E-state index in [0.29, 0.717) is 10.8 Å². The van der Waals surface area contributed by atoms with E-state index in [1.54, 1.807) is 7.11 Å². The smallest absolute Gasteiger partial charge is 0.0462 e. The van der Waals surface area contributed by atoms with Gasteiger partial charge in [-0.05, 0) is 36.5 Å². The number of hydrogen-bond donors (Lipinski definition) is 0. The van der Waals surface area contributed by atoms with Crippen molar-refractivity contribution >= 4 is 0 Å². The van der Waals surface area contributed by atoms with Crippen LogP contribution in [0.15, 0.2) is 0 Å². The molecule has 14 heavy (non-hydrogen) atoms. The minimum Gasteiger partial charge on any atom is -0.385 e. The number of ether oxygens (including phenoxy) is 1. The van der Waals surface area contributed by atoms with Gasteiger partial charge in [0.15, 0.2) is 0 Å². The van der Waals surface area contributed by atoms with Crippen LogP contribution in [-0.4, -0.2) is 13.7 Å². The van der Waals surface area contributed by atoms with Crippen molar-refractivity contribution in [3.8, 4) is 0 Å². The number of unbranched alkanes of at least 4 members (excludes halogenated alkanes) is 1. The molecule has 0 heterocycles. The van der Waals surface area contributed by atoms with Crippen LogP contribution in [0.3, 0.4) is 0 Å². The summed E-state index contributed by atoms with van der Waals surface area (Å²) in [5.41, 5.74) is 1.14. The Hall–Kier alpha value is -0.0400. The Morgan fingerprint density at radius 3 is 2.29 bits per heavy atom. The molecule has 0 radical (unpaired) electrons. The SMILES string of the molecule is COCCCC[C@]1(C)CCCC1(C)C. The third kappa shape index (κ3) is 2.50. The highest BCUT2D eigenvalue weighted by Gasteiger charge is 2.43. The second kappa shape index (κ2) is 4.65. The molecule has 0 bridgehead atoms. The van der Waals surface area contributed by atoms with Crippen molar-refractivity contribution in [2.24, 2.45) is 10.8 Å². The van der Waals surface area contributed by atoms with Gasteiger partial charge in [-0.3, -0.25) is 0 Å². The predicted octanol–water partition coefficient (Wildman–Crippen LogP) is 4.02. The quantitative estimate of drug-likeness (QED) is 0.606. The van der Waals surface area contributed by atoms with Gasteiger partial charge >= 0.3 is 0 Å². The molecule has 1 aliphatic carbocycles. The van der Waals surface area contributed by atoms with E-state index in [9.17, 15) is 0 Å². The van der Waals surface area contributed by atoms with Crippen LogP contribution in [0.4, 0.5) is 0 Å². The van der Waals surface area contributed by atoms with Crippen molar-refractivity contribution < 1.29 is 4.74 Å². The fourth-order valence-corrected chi connectivity index (χ4v) is 2.79. The molecular formula is C13H26O. The third-order valence-corrected chi connectivity index (χ3v) is 4.49. The fourth-order valence-electron chi connectivity index (χ4n) is 2.79. The number of methoxy groups -OCH3 is 1. The second-order valence-electron chi connectivity index (χ2n) is 5.75. The first-order valence-electron chi connectivity index (χ1n) is 6.01. The molecule has 1 atom stereocenters. The summed E-state index contributed by atoms with van der Waals surface area (Å²) in [4.78, 5) is 0. The van der Waals surface area contributed by atoms with E-state index in [-0.39, 0.29) is 0 Å². The highest BCUT2D eigenvalue weighted by Crippen LogP contribution is 2.54. The van der Waals surface area contributed by atoms with Gasteiger partial charge in [0.25, 0.3) is 0 Å². The highest BCUT2D eigenvalue weighted by atomic mass is 16.5. The molecule has 0 N–H and O–H groups in total. The van der Waals surface area contributed by atoms with Crippen LogP contribution >= 0.6 is 0 Å². The van der Waals surface area contributed by atoms with Gasteiger partial charge in [0.2, 0.25) is 0 Å². The van der Waals surface area contributed by atoms with Gasteiger partial charge in [0.05, 0.1) is 0 Å². The van der Waals surface area contributed by atoms with Crippen molar-refractivity contribution in [1.82, 2.24) is 0 Å². The lowest BCUT2D eigenvalue weighted by atomic mass is 9.67. The Kier molecular flexibility index (Phi) is 4.00. The predicted molar refractivity (Wildman–Crippen MR) is 61.5 cm³/mol. The van der Waals surface area contributed by atoms with E-state index in [2.05, 4.69) is 20.8 Å². The van der Waals surface area contributed by atoms with E-state index < -0.39 is 0 Å². The summed E-state index contributed by atoms with van der Waals surface area (Å²) in [5.74, 6) is 0. The summed E-state index contributed by atoms with van der Waals surface area (Å²) < 4.78 is 5.09. The summed E-state index contributed by atoms with van der Waals surface area (Å²) in [6.07, 6.45) is 8.19. The summed E-state index contributed by atoms with van der Waals surface area (Å²) in [7, 11) is 1.79. The summed E-state index contributed by atoms with van der Waals surface area (Å²) in [6.45, 7) is 8.29. The monoisotopic (exact) mass is 198 g/mol. The molecule has 0 aromatic carbocycles. The number of hydrogen-bond acceptors (Lipinski definition) is 1. The van der Waals surface area contributed by atoms with Gasteiger partial charge in [0.1, 0.15) is 0 Å². The fraction of sp³-hybridized carbons (Fsp3) is 1.00. The molecule has 0 unspecified atom stereocenters. The minimum atomic E-state index is 0.556. The lowest BCUT2D eigenvalue weighted by molar-refractivity contribution is 0.109. The molecule has 1 nitrogen and oxygen atoms in total. The van der Waals surface area contributed by atoms with Crippen molar-refractivity contribution in [3.05, 3.63) is 0 Å².